The zero-order valence-corrected chi connectivity index (χ0v) is 14.4. The van der Waals surface area contributed by atoms with Crippen LogP contribution in [-0.2, 0) is 15.4 Å². The SMILES string of the molecule is CCCCS(=O)(=O)NCC1(c2ccc(OC)cc2)CCCC1. The zero-order valence-electron chi connectivity index (χ0n) is 13.6. The highest BCUT2D eigenvalue weighted by molar-refractivity contribution is 7.89. The summed E-state index contributed by atoms with van der Waals surface area (Å²) in [4.78, 5) is 0. The van der Waals surface area contributed by atoms with Crippen LogP contribution in [0.1, 0.15) is 51.0 Å². The van der Waals surface area contributed by atoms with Gasteiger partial charge in [0.2, 0.25) is 10.0 Å². The van der Waals surface area contributed by atoms with Crippen molar-refractivity contribution in [2.45, 2.75) is 50.9 Å². The quantitative estimate of drug-likeness (QED) is 0.798. The van der Waals surface area contributed by atoms with Crippen molar-refractivity contribution in [1.29, 1.82) is 0 Å². The van der Waals surface area contributed by atoms with Crippen LogP contribution in [0.3, 0.4) is 0 Å². The highest BCUT2D eigenvalue weighted by Crippen LogP contribution is 2.41. The molecule has 0 aliphatic heterocycles. The van der Waals surface area contributed by atoms with Gasteiger partial charge in [-0.05, 0) is 37.0 Å². The average molecular weight is 325 g/mol. The molecule has 5 heteroatoms. The van der Waals surface area contributed by atoms with Crippen LogP contribution in [-0.4, -0.2) is 27.8 Å². The van der Waals surface area contributed by atoms with E-state index in [9.17, 15) is 8.42 Å². The number of unbranched alkanes of at least 4 members (excludes halogenated alkanes) is 1. The second kappa shape index (κ2) is 7.47. The number of hydrogen-bond acceptors (Lipinski definition) is 3. The summed E-state index contributed by atoms with van der Waals surface area (Å²) < 4.78 is 32.2. The summed E-state index contributed by atoms with van der Waals surface area (Å²) in [5.74, 6) is 1.06. The molecule has 1 saturated carbocycles. The minimum atomic E-state index is -3.16. The molecule has 1 aromatic carbocycles. The molecule has 0 saturated heterocycles. The third kappa shape index (κ3) is 4.23. The van der Waals surface area contributed by atoms with Gasteiger partial charge in [-0.2, -0.15) is 0 Å². The van der Waals surface area contributed by atoms with Gasteiger partial charge >= 0.3 is 0 Å². The molecule has 1 aromatic rings. The monoisotopic (exact) mass is 325 g/mol. The molecule has 2 rings (SSSR count). The first-order valence-corrected chi connectivity index (χ1v) is 9.78. The summed E-state index contributed by atoms with van der Waals surface area (Å²) in [5, 5.41) is 0. The first-order valence-electron chi connectivity index (χ1n) is 8.13. The van der Waals surface area contributed by atoms with Crippen LogP contribution < -0.4 is 9.46 Å². The van der Waals surface area contributed by atoms with Crippen molar-refractivity contribution in [1.82, 2.24) is 4.72 Å². The number of ether oxygens (including phenoxy) is 1. The lowest BCUT2D eigenvalue weighted by Gasteiger charge is -2.30. The average Bonchev–Trinajstić information content (AvgIpc) is 3.02. The van der Waals surface area contributed by atoms with Crippen LogP contribution >= 0.6 is 0 Å². The van der Waals surface area contributed by atoms with Crippen LogP contribution in [0.2, 0.25) is 0 Å². The third-order valence-electron chi connectivity index (χ3n) is 4.66. The van der Waals surface area contributed by atoms with Gasteiger partial charge in [-0.3, -0.25) is 0 Å². The molecule has 22 heavy (non-hydrogen) atoms. The fourth-order valence-corrected chi connectivity index (χ4v) is 4.53. The van der Waals surface area contributed by atoms with Gasteiger partial charge in [0.25, 0.3) is 0 Å². The van der Waals surface area contributed by atoms with Crippen molar-refractivity contribution in [3.05, 3.63) is 29.8 Å². The summed E-state index contributed by atoms with van der Waals surface area (Å²) in [7, 11) is -1.51. The molecule has 0 radical (unpaired) electrons. The molecule has 0 unspecified atom stereocenters. The van der Waals surface area contributed by atoms with Crippen LogP contribution in [0.4, 0.5) is 0 Å². The predicted molar refractivity (Wildman–Crippen MR) is 89.8 cm³/mol. The number of methoxy groups -OCH3 is 1. The Morgan fingerprint density at radius 1 is 1.18 bits per heavy atom. The van der Waals surface area contributed by atoms with E-state index in [1.54, 1.807) is 7.11 Å². The molecule has 0 atom stereocenters. The maximum absolute atomic E-state index is 12.1. The minimum Gasteiger partial charge on any atom is -0.497 e. The zero-order chi connectivity index (χ0) is 16.1. The fraction of sp³-hybridized carbons (Fsp3) is 0.647. The molecule has 0 amide bonds. The maximum atomic E-state index is 12.1. The summed E-state index contributed by atoms with van der Waals surface area (Å²) in [6, 6.07) is 8.07. The first-order chi connectivity index (χ1) is 10.5. The van der Waals surface area contributed by atoms with Gasteiger partial charge in [-0.15, -0.1) is 0 Å². The minimum absolute atomic E-state index is 0.0639. The second-order valence-electron chi connectivity index (χ2n) is 6.21. The second-order valence-corrected chi connectivity index (χ2v) is 8.14. The van der Waals surface area contributed by atoms with E-state index in [0.29, 0.717) is 13.0 Å². The Balaban J connectivity index is 2.11. The van der Waals surface area contributed by atoms with Gasteiger partial charge in [0.15, 0.2) is 0 Å². The topological polar surface area (TPSA) is 55.4 Å². The molecule has 0 spiro atoms. The Kier molecular flexibility index (Phi) is 5.87. The predicted octanol–water partition coefficient (Wildman–Crippen LogP) is 3.23. The van der Waals surface area contributed by atoms with Crippen molar-refractivity contribution < 1.29 is 13.2 Å². The molecule has 1 N–H and O–H groups in total. The molecule has 0 heterocycles. The Bertz CT molecular complexity index is 560. The van der Waals surface area contributed by atoms with Crippen LogP contribution in [0.15, 0.2) is 24.3 Å². The highest BCUT2D eigenvalue weighted by atomic mass is 32.2. The van der Waals surface area contributed by atoms with Gasteiger partial charge in [0.1, 0.15) is 5.75 Å². The molecular formula is C17H27NO3S. The number of rotatable bonds is 8. The molecule has 1 aliphatic rings. The lowest BCUT2D eigenvalue weighted by molar-refractivity contribution is 0.410. The molecule has 124 valence electrons. The van der Waals surface area contributed by atoms with Gasteiger partial charge in [-0.25, -0.2) is 13.1 Å². The molecule has 0 aromatic heterocycles. The van der Waals surface area contributed by atoms with Crippen molar-refractivity contribution in [2.24, 2.45) is 0 Å². The summed E-state index contributed by atoms with van der Waals surface area (Å²) in [6.45, 7) is 2.51. The lowest BCUT2D eigenvalue weighted by Crippen LogP contribution is -2.39. The normalized spacial score (nSPS) is 17.5. The van der Waals surface area contributed by atoms with Gasteiger partial charge < -0.3 is 4.74 Å². The van der Waals surface area contributed by atoms with E-state index in [4.69, 9.17) is 4.74 Å². The largest absolute Gasteiger partial charge is 0.497 e. The summed E-state index contributed by atoms with van der Waals surface area (Å²) in [6.07, 6.45) is 5.99. The Morgan fingerprint density at radius 3 is 2.36 bits per heavy atom. The van der Waals surface area contributed by atoms with E-state index in [2.05, 4.69) is 16.9 Å². The van der Waals surface area contributed by atoms with Gasteiger partial charge in [0.05, 0.1) is 12.9 Å². The Labute approximate surface area is 134 Å². The van der Waals surface area contributed by atoms with Crippen molar-refractivity contribution >= 4 is 10.0 Å². The van der Waals surface area contributed by atoms with E-state index in [-0.39, 0.29) is 11.2 Å². The Morgan fingerprint density at radius 2 is 1.82 bits per heavy atom. The summed E-state index contributed by atoms with van der Waals surface area (Å²) >= 11 is 0. The van der Waals surface area contributed by atoms with E-state index in [1.165, 1.54) is 5.56 Å². The van der Waals surface area contributed by atoms with Gasteiger partial charge in [-0.1, -0.05) is 38.3 Å². The first kappa shape index (κ1) is 17.3. The van der Waals surface area contributed by atoms with Crippen LogP contribution in [0.25, 0.3) is 0 Å². The Hall–Kier alpha value is -1.07. The molecular weight excluding hydrogens is 298 g/mol. The summed E-state index contributed by atoms with van der Waals surface area (Å²) in [5.41, 5.74) is 1.15. The van der Waals surface area contributed by atoms with Crippen LogP contribution in [0, 0.1) is 0 Å². The third-order valence-corrected chi connectivity index (χ3v) is 6.07. The molecule has 1 aliphatic carbocycles. The van der Waals surface area contributed by atoms with Crippen molar-refractivity contribution in [2.75, 3.05) is 19.4 Å². The van der Waals surface area contributed by atoms with E-state index in [1.807, 2.05) is 19.1 Å². The van der Waals surface area contributed by atoms with Crippen LogP contribution in [0.5, 0.6) is 5.75 Å². The standard InChI is InChI=1S/C17H27NO3S/c1-3-4-13-22(19,20)18-14-17(11-5-6-12-17)15-7-9-16(21-2)10-8-15/h7-10,18H,3-6,11-14H2,1-2H3. The molecule has 4 nitrogen and oxygen atoms in total. The van der Waals surface area contributed by atoms with E-state index < -0.39 is 10.0 Å². The number of nitrogens with one attached hydrogen (secondary N) is 1. The van der Waals surface area contributed by atoms with Gasteiger partial charge in [0, 0.05) is 12.0 Å². The van der Waals surface area contributed by atoms with Crippen molar-refractivity contribution in [3.63, 3.8) is 0 Å². The number of benzene rings is 1. The smallest absolute Gasteiger partial charge is 0.211 e. The molecule has 1 fully saturated rings. The number of sulfonamides is 1. The fourth-order valence-electron chi connectivity index (χ4n) is 3.22. The van der Waals surface area contributed by atoms with E-state index >= 15 is 0 Å². The highest BCUT2D eigenvalue weighted by Gasteiger charge is 2.36. The van der Waals surface area contributed by atoms with Crippen molar-refractivity contribution in [3.8, 4) is 5.75 Å². The van der Waals surface area contributed by atoms with E-state index in [0.717, 1.165) is 37.9 Å². The number of hydrogen-bond donors (Lipinski definition) is 1. The lowest BCUT2D eigenvalue weighted by atomic mass is 9.79. The maximum Gasteiger partial charge on any atom is 0.211 e. The molecule has 0 bridgehead atoms.